The molecule has 2 atom stereocenters. The summed E-state index contributed by atoms with van der Waals surface area (Å²) in [4.78, 5) is 0. The highest BCUT2D eigenvalue weighted by atomic mass is 16.5. The van der Waals surface area contributed by atoms with E-state index < -0.39 is 0 Å². The molecular weight excluding hydrogens is 238 g/mol. The molecule has 0 spiro atoms. The van der Waals surface area contributed by atoms with Crippen LogP contribution >= 0.6 is 0 Å². The van der Waals surface area contributed by atoms with E-state index in [1.807, 2.05) is 31.2 Å². The smallest absolute Gasteiger partial charge is 0.124 e. The third-order valence-corrected chi connectivity index (χ3v) is 3.11. The van der Waals surface area contributed by atoms with Crippen LogP contribution in [0.1, 0.15) is 45.7 Å². The molecule has 2 N–H and O–H groups in total. The first kappa shape index (κ1) is 16.0. The maximum absolute atomic E-state index is 6.39. The highest BCUT2D eigenvalue weighted by molar-refractivity contribution is 5.36. The molecule has 108 valence electrons. The van der Waals surface area contributed by atoms with Gasteiger partial charge in [0.05, 0.1) is 18.8 Å². The zero-order valence-corrected chi connectivity index (χ0v) is 12.6. The Morgan fingerprint density at radius 2 is 1.84 bits per heavy atom. The quantitative estimate of drug-likeness (QED) is 0.782. The number of hydrogen-bond acceptors (Lipinski definition) is 3. The lowest BCUT2D eigenvalue weighted by molar-refractivity contribution is 0.0116. The van der Waals surface area contributed by atoms with Crippen LogP contribution < -0.4 is 10.5 Å². The second-order valence-corrected chi connectivity index (χ2v) is 5.08. The Morgan fingerprint density at radius 3 is 2.42 bits per heavy atom. The molecule has 0 aliphatic carbocycles. The molecule has 0 saturated heterocycles. The summed E-state index contributed by atoms with van der Waals surface area (Å²) in [5.41, 5.74) is 7.42. The van der Waals surface area contributed by atoms with Crippen molar-refractivity contribution in [1.29, 1.82) is 0 Å². The highest BCUT2D eigenvalue weighted by Gasteiger charge is 2.25. The van der Waals surface area contributed by atoms with Crippen molar-refractivity contribution < 1.29 is 9.47 Å². The molecule has 0 aliphatic heterocycles. The molecule has 0 heterocycles. The summed E-state index contributed by atoms with van der Waals surface area (Å²) in [6.07, 6.45) is 0.999. The Balaban J connectivity index is 2.92. The third-order valence-electron chi connectivity index (χ3n) is 3.11. The molecule has 1 aromatic carbocycles. The average Bonchev–Trinajstić information content (AvgIpc) is 2.41. The van der Waals surface area contributed by atoms with Gasteiger partial charge in [0.2, 0.25) is 0 Å². The van der Waals surface area contributed by atoms with Gasteiger partial charge < -0.3 is 15.2 Å². The molecule has 0 bridgehead atoms. The summed E-state index contributed by atoms with van der Waals surface area (Å²) >= 11 is 0. The molecule has 0 fully saturated rings. The van der Waals surface area contributed by atoms with Crippen molar-refractivity contribution in [2.24, 2.45) is 11.7 Å². The summed E-state index contributed by atoms with van der Waals surface area (Å²) < 4.78 is 11.6. The van der Waals surface area contributed by atoms with Gasteiger partial charge in [0.15, 0.2) is 0 Å². The van der Waals surface area contributed by atoms with E-state index in [1.165, 1.54) is 0 Å². The number of hydrogen-bond donors (Lipinski definition) is 1. The first-order chi connectivity index (χ1) is 9.11. The van der Waals surface area contributed by atoms with Gasteiger partial charge in [-0.05, 0) is 25.3 Å². The van der Waals surface area contributed by atoms with Crippen LogP contribution in [-0.4, -0.2) is 19.3 Å². The zero-order valence-electron chi connectivity index (χ0n) is 12.6. The Labute approximate surface area is 117 Å². The lowest BCUT2D eigenvalue weighted by Crippen LogP contribution is -2.33. The van der Waals surface area contributed by atoms with Gasteiger partial charge in [-0.25, -0.2) is 0 Å². The molecule has 0 saturated carbocycles. The largest absolute Gasteiger partial charge is 0.493 e. The van der Waals surface area contributed by atoms with Crippen LogP contribution in [0.5, 0.6) is 5.75 Å². The Morgan fingerprint density at radius 1 is 1.16 bits per heavy atom. The first-order valence-corrected chi connectivity index (χ1v) is 7.20. The van der Waals surface area contributed by atoms with Crippen LogP contribution in [-0.2, 0) is 4.74 Å². The molecule has 1 rings (SSSR count). The van der Waals surface area contributed by atoms with Crippen LogP contribution in [0.2, 0.25) is 0 Å². The number of ether oxygens (including phenoxy) is 2. The standard InChI is InChI=1S/C16H27NO2/c1-5-11-19-14-10-8-7-9-13(14)15(17)16(12(3)4)18-6-2/h7-10,12,15-16H,5-6,11,17H2,1-4H3. The van der Waals surface area contributed by atoms with E-state index >= 15 is 0 Å². The normalized spacial score (nSPS) is 14.4. The summed E-state index contributed by atoms with van der Waals surface area (Å²) in [7, 11) is 0. The van der Waals surface area contributed by atoms with E-state index in [0.29, 0.717) is 19.1 Å². The fraction of sp³-hybridized carbons (Fsp3) is 0.625. The topological polar surface area (TPSA) is 44.5 Å². The van der Waals surface area contributed by atoms with Crippen molar-refractivity contribution in [3.63, 3.8) is 0 Å². The van der Waals surface area contributed by atoms with Crippen molar-refractivity contribution in [3.05, 3.63) is 29.8 Å². The minimum Gasteiger partial charge on any atom is -0.493 e. The molecule has 3 heteroatoms. The second kappa shape index (κ2) is 8.18. The number of rotatable bonds is 8. The van der Waals surface area contributed by atoms with E-state index in [0.717, 1.165) is 17.7 Å². The van der Waals surface area contributed by atoms with Gasteiger partial charge in [-0.2, -0.15) is 0 Å². The molecule has 3 nitrogen and oxygen atoms in total. The monoisotopic (exact) mass is 265 g/mol. The average molecular weight is 265 g/mol. The van der Waals surface area contributed by atoms with Crippen molar-refractivity contribution in [2.75, 3.05) is 13.2 Å². The van der Waals surface area contributed by atoms with Gasteiger partial charge in [0, 0.05) is 12.2 Å². The van der Waals surface area contributed by atoms with Gasteiger partial charge >= 0.3 is 0 Å². The fourth-order valence-electron chi connectivity index (χ4n) is 2.18. The van der Waals surface area contributed by atoms with E-state index in [4.69, 9.17) is 15.2 Å². The predicted molar refractivity (Wildman–Crippen MR) is 79.4 cm³/mol. The summed E-state index contributed by atoms with van der Waals surface area (Å²) in [5, 5.41) is 0. The molecule has 0 aliphatic rings. The van der Waals surface area contributed by atoms with E-state index in [-0.39, 0.29) is 12.1 Å². The van der Waals surface area contributed by atoms with Gasteiger partial charge in [-0.3, -0.25) is 0 Å². The minimum absolute atomic E-state index is 0.0105. The zero-order chi connectivity index (χ0) is 14.3. The minimum atomic E-state index is -0.159. The maximum atomic E-state index is 6.39. The van der Waals surface area contributed by atoms with Crippen LogP contribution in [0.3, 0.4) is 0 Å². The Kier molecular flexibility index (Phi) is 6.89. The van der Waals surface area contributed by atoms with Crippen molar-refractivity contribution >= 4 is 0 Å². The van der Waals surface area contributed by atoms with Gasteiger partial charge in [-0.15, -0.1) is 0 Å². The van der Waals surface area contributed by atoms with Gasteiger partial charge in [0.25, 0.3) is 0 Å². The molecule has 2 unspecified atom stereocenters. The fourth-order valence-corrected chi connectivity index (χ4v) is 2.18. The van der Waals surface area contributed by atoms with E-state index in [2.05, 4.69) is 20.8 Å². The number of nitrogens with two attached hydrogens (primary N) is 1. The molecule has 1 aromatic rings. The summed E-state index contributed by atoms with van der Waals surface area (Å²) in [5.74, 6) is 1.25. The van der Waals surface area contributed by atoms with Crippen LogP contribution in [0.25, 0.3) is 0 Å². The molecule has 0 aromatic heterocycles. The van der Waals surface area contributed by atoms with E-state index in [9.17, 15) is 0 Å². The third kappa shape index (κ3) is 4.51. The Bertz CT molecular complexity index is 366. The lowest BCUT2D eigenvalue weighted by atomic mass is 9.93. The van der Waals surface area contributed by atoms with E-state index in [1.54, 1.807) is 0 Å². The van der Waals surface area contributed by atoms with Crippen LogP contribution in [0.4, 0.5) is 0 Å². The SMILES string of the molecule is CCCOc1ccccc1C(N)C(OCC)C(C)C. The van der Waals surface area contributed by atoms with Gasteiger partial charge in [0.1, 0.15) is 5.75 Å². The maximum Gasteiger partial charge on any atom is 0.124 e. The van der Waals surface area contributed by atoms with Crippen molar-refractivity contribution in [2.45, 2.75) is 46.3 Å². The molecule has 0 radical (unpaired) electrons. The van der Waals surface area contributed by atoms with Crippen LogP contribution in [0.15, 0.2) is 24.3 Å². The lowest BCUT2D eigenvalue weighted by Gasteiger charge is -2.28. The molecule has 0 amide bonds. The molecule has 19 heavy (non-hydrogen) atoms. The highest BCUT2D eigenvalue weighted by Crippen LogP contribution is 2.29. The van der Waals surface area contributed by atoms with Crippen molar-refractivity contribution in [3.8, 4) is 5.75 Å². The molecular formula is C16H27NO2. The first-order valence-electron chi connectivity index (χ1n) is 7.20. The predicted octanol–water partition coefficient (Wildman–Crippen LogP) is 3.54. The van der Waals surface area contributed by atoms with Crippen molar-refractivity contribution in [1.82, 2.24) is 0 Å². The second-order valence-electron chi connectivity index (χ2n) is 5.08. The number of benzene rings is 1. The van der Waals surface area contributed by atoms with Crippen LogP contribution in [0, 0.1) is 5.92 Å². The summed E-state index contributed by atoms with van der Waals surface area (Å²) in [6.45, 7) is 9.76. The van der Waals surface area contributed by atoms with Gasteiger partial charge in [-0.1, -0.05) is 39.0 Å². The summed E-state index contributed by atoms with van der Waals surface area (Å²) in [6, 6.07) is 7.83. The Hall–Kier alpha value is -1.06. The number of para-hydroxylation sites is 1.